The number of aromatic nitrogens is 3. The lowest BCUT2D eigenvalue weighted by molar-refractivity contribution is 0.0945. The van der Waals surface area contributed by atoms with Gasteiger partial charge >= 0.3 is 0 Å². The van der Waals surface area contributed by atoms with Crippen molar-refractivity contribution in [1.29, 1.82) is 0 Å². The minimum absolute atomic E-state index is 0.229. The number of hydrogen-bond acceptors (Lipinski definition) is 6. The van der Waals surface area contributed by atoms with E-state index in [2.05, 4.69) is 30.1 Å². The number of nitrogens with zero attached hydrogens (tertiary/aromatic N) is 5. The van der Waals surface area contributed by atoms with E-state index in [1.54, 1.807) is 30.7 Å². The molecule has 2 aromatic heterocycles. The van der Waals surface area contributed by atoms with Gasteiger partial charge in [0.25, 0.3) is 5.91 Å². The first-order valence-electron chi connectivity index (χ1n) is 9.44. The number of halogens is 1. The van der Waals surface area contributed by atoms with Crippen LogP contribution in [0.5, 0.6) is 0 Å². The van der Waals surface area contributed by atoms with Crippen molar-refractivity contribution >= 4 is 17.4 Å². The maximum atomic E-state index is 13.1. The third kappa shape index (κ3) is 4.66. The summed E-state index contributed by atoms with van der Waals surface area (Å²) < 4.78 is 13.1. The molecule has 0 saturated carbocycles. The Hall–Kier alpha value is -3.55. The fraction of sp³-hybridized carbons (Fsp3) is 0.238. The van der Waals surface area contributed by atoms with Gasteiger partial charge in [-0.1, -0.05) is 6.07 Å². The summed E-state index contributed by atoms with van der Waals surface area (Å²) in [6, 6.07) is 10.3. The van der Waals surface area contributed by atoms with Crippen LogP contribution in [0.25, 0.3) is 0 Å². The zero-order chi connectivity index (χ0) is 20.1. The van der Waals surface area contributed by atoms with Crippen LogP contribution in [0.15, 0.2) is 61.2 Å². The van der Waals surface area contributed by atoms with Crippen LogP contribution in [0, 0.1) is 5.82 Å². The lowest BCUT2D eigenvalue weighted by atomic mass is 10.2. The molecule has 1 aliphatic heterocycles. The van der Waals surface area contributed by atoms with Crippen LogP contribution in [0.2, 0.25) is 0 Å². The Morgan fingerprint density at radius 2 is 1.72 bits per heavy atom. The van der Waals surface area contributed by atoms with Gasteiger partial charge in [-0.25, -0.2) is 14.4 Å². The van der Waals surface area contributed by atoms with Crippen molar-refractivity contribution in [3.8, 4) is 0 Å². The summed E-state index contributed by atoms with van der Waals surface area (Å²) >= 11 is 0. The summed E-state index contributed by atoms with van der Waals surface area (Å²) in [4.78, 5) is 29.3. The van der Waals surface area contributed by atoms with Crippen LogP contribution in [0.1, 0.15) is 16.1 Å². The highest BCUT2D eigenvalue weighted by Crippen LogP contribution is 2.19. The third-order valence-electron chi connectivity index (χ3n) is 4.84. The SMILES string of the molecule is O=C(NCc1cccnc1)c1cnc(N2CCN(c3ccc(F)cc3)CC2)cn1. The number of piperazine rings is 1. The van der Waals surface area contributed by atoms with Crippen molar-refractivity contribution in [3.63, 3.8) is 0 Å². The molecule has 1 saturated heterocycles. The van der Waals surface area contributed by atoms with Crippen molar-refractivity contribution in [2.75, 3.05) is 36.0 Å². The number of rotatable bonds is 5. The zero-order valence-electron chi connectivity index (χ0n) is 15.8. The van der Waals surface area contributed by atoms with Gasteiger partial charge in [-0.05, 0) is 35.9 Å². The molecule has 4 rings (SSSR count). The molecule has 0 atom stereocenters. The van der Waals surface area contributed by atoms with Crippen LogP contribution >= 0.6 is 0 Å². The molecule has 0 unspecified atom stereocenters. The first-order valence-corrected chi connectivity index (χ1v) is 9.44. The number of carbonyl (C=O) groups excluding carboxylic acids is 1. The average molecular weight is 392 g/mol. The Morgan fingerprint density at radius 1 is 0.966 bits per heavy atom. The zero-order valence-corrected chi connectivity index (χ0v) is 15.8. The smallest absolute Gasteiger partial charge is 0.271 e. The summed E-state index contributed by atoms with van der Waals surface area (Å²) in [6.07, 6.45) is 6.53. The van der Waals surface area contributed by atoms with E-state index in [4.69, 9.17) is 0 Å². The Labute approximate surface area is 168 Å². The number of pyridine rings is 1. The number of amides is 1. The van der Waals surface area contributed by atoms with Gasteiger partial charge in [0.15, 0.2) is 0 Å². The molecule has 3 aromatic rings. The molecule has 0 radical (unpaired) electrons. The molecule has 3 heterocycles. The van der Waals surface area contributed by atoms with Crippen molar-refractivity contribution in [2.45, 2.75) is 6.54 Å². The molecule has 29 heavy (non-hydrogen) atoms. The van der Waals surface area contributed by atoms with E-state index in [0.717, 1.165) is 43.2 Å². The topological polar surface area (TPSA) is 74.2 Å². The van der Waals surface area contributed by atoms with Crippen LogP contribution in [-0.4, -0.2) is 47.0 Å². The molecular weight excluding hydrogens is 371 g/mol. The molecule has 1 aromatic carbocycles. The fourth-order valence-electron chi connectivity index (χ4n) is 3.22. The summed E-state index contributed by atoms with van der Waals surface area (Å²) in [5.74, 6) is 0.244. The standard InChI is InChI=1S/C21H21FN6O/c22-17-3-5-18(6-4-17)27-8-10-28(11-9-27)20-15-24-19(14-25-20)21(29)26-13-16-2-1-7-23-12-16/h1-7,12,14-15H,8-11,13H2,(H,26,29). The average Bonchev–Trinajstić information content (AvgIpc) is 2.79. The van der Waals surface area contributed by atoms with E-state index < -0.39 is 0 Å². The molecule has 1 N–H and O–H groups in total. The number of hydrogen-bond donors (Lipinski definition) is 1. The van der Waals surface area contributed by atoms with Gasteiger partial charge in [-0.3, -0.25) is 9.78 Å². The molecule has 1 aliphatic rings. The van der Waals surface area contributed by atoms with E-state index in [1.807, 2.05) is 12.1 Å². The lowest BCUT2D eigenvalue weighted by Crippen LogP contribution is -2.46. The number of benzene rings is 1. The largest absolute Gasteiger partial charge is 0.368 e. The highest BCUT2D eigenvalue weighted by atomic mass is 19.1. The molecular formula is C21H21FN6O. The highest BCUT2D eigenvalue weighted by Gasteiger charge is 2.19. The maximum absolute atomic E-state index is 13.1. The van der Waals surface area contributed by atoms with Crippen LogP contribution in [0.3, 0.4) is 0 Å². The second-order valence-corrected chi connectivity index (χ2v) is 6.75. The molecule has 1 amide bonds. The van der Waals surface area contributed by atoms with Crippen molar-refractivity contribution in [3.05, 3.63) is 78.3 Å². The molecule has 148 valence electrons. The second kappa shape index (κ2) is 8.64. The summed E-state index contributed by atoms with van der Waals surface area (Å²) in [6.45, 7) is 3.56. The first-order chi connectivity index (χ1) is 14.2. The minimum atomic E-state index is -0.269. The fourth-order valence-corrected chi connectivity index (χ4v) is 3.22. The molecule has 0 aliphatic carbocycles. The van der Waals surface area contributed by atoms with Gasteiger partial charge < -0.3 is 15.1 Å². The van der Waals surface area contributed by atoms with Gasteiger partial charge in [-0.2, -0.15) is 0 Å². The Kier molecular flexibility index (Phi) is 5.60. The summed E-state index contributed by atoms with van der Waals surface area (Å²) in [7, 11) is 0. The van der Waals surface area contributed by atoms with Crippen LogP contribution < -0.4 is 15.1 Å². The number of nitrogens with one attached hydrogen (secondary N) is 1. The Bertz CT molecular complexity index is 941. The van der Waals surface area contributed by atoms with E-state index in [-0.39, 0.29) is 17.4 Å². The van der Waals surface area contributed by atoms with E-state index >= 15 is 0 Å². The third-order valence-corrected chi connectivity index (χ3v) is 4.84. The molecule has 0 bridgehead atoms. The molecule has 0 spiro atoms. The monoisotopic (exact) mass is 392 g/mol. The van der Waals surface area contributed by atoms with E-state index in [1.165, 1.54) is 18.3 Å². The summed E-state index contributed by atoms with van der Waals surface area (Å²) in [5.41, 5.74) is 2.21. The Morgan fingerprint density at radius 3 is 2.38 bits per heavy atom. The van der Waals surface area contributed by atoms with Crippen molar-refractivity contribution in [1.82, 2.24) is 20.3 Å². The van der Waals surface area contributed by atoms with Gasteiger partial charge in [0.1, 0.15) is 17.3 Å². The normalized spacial score (nSPS) is 14.0. The predicted molar refractivity (Wildman–Crippen MR) is 108 cm³/mol. The molecule has 7 nitrogen and oxygen atoms in total. The van der Waals surface area contributed by atoms with Crippen molar-refractivity contribution in [2.24, 2.45) is 0 Å². The first kappa shape index (κ1) is 18.8. The number of anilines is 2. The van der Waals surface area contributed by atoms with Crippen molar-refractivity contribution < 1.29 is 9.18 Å². The lowest BCUT2D eigenvalue weighted by Gasteiger charge is -2.36. The van der Waals surface area contributed by atoms with E-state index in [9.17, 15) is 9.18 Å². The minimum Gasteiger partial charge on any atom is -0.368 e. The van der Waals surface area contributed by atoms with Gasteiger partial charge in [0.2, 0.25) is 0 Å². The van der Waals surface area contributed by atoms with E-state index in [0.29, 0.717) is 6.54 Å². The molecule has 1 fully saturated rings. The van der Waals surface area contributed by atoms with Crippen LogP contribution in [0.4, 0.5) is 15.9 Å². The van der Waals surface area contributed by atoms with Gasteiger partial charge in [-0.15, -0.1) is 0 Å². The number of carbonyl (C=O) groups is 1. The Balaban J connectivity index is 1.31. The summed E-state index contributed by atoms with van der Waals surface area (Å²) in [5, 5.41) is 2.81. The second-order valence-electron chi connectivity index (χ2n) is 6.75. The van der Waals surface area contributed by atoms with Crippen LogP contribution in [-0.2, 0) is 6.54 Å². The highest BCUT2D eigenvalue weighted by molar-refractivity contribution is 5.91. The quantitative estimate of drug-likeness (QED) is 0.718. The maximum Gasteiger partial charge on any atom is 0.271 e. The predicted octanol–water partition coefficient (Wildman–Crippen LogP) is 2.27. The van der Waals surface area contributed by atoms with Gasteiger partial charge in [0, 0.05) is 50.8 Å². The van der Waals surface area contributed by atoms with Gasteiger partial charge in [0.05, 0.1) is 12.4 Å². The molecule has 8 heteroatoms.